The highest BCUT2D eigenvalue weighted by Gasteiger charge is 2.19. The van der Waals surface area contributed by atoms with E-state index < -0.39 is 0 Å². The zero-order valence-electron chi connectivity index (χ0n) is 33.3. The maximum Gasteiger partial charge on any atom is 0.164 e. The Labute approximate surface area is 354 Å². The summed E-state index contributed by atoms with van der Waals surface area (Å²) in [5.41, 5.74) is 12.3. The highest BCUT2D eigenvalue weighted by molar-refractivity contribution is 5.94. The molecular formula is C54H37N7. The van der Waals surface area contributed by atoms with E-state index in [1.807, 2.05) is 134 Å². The average molecular weight is 784 g/mol. The molecule has 0 amide bonds. The average Bonchev–Trinajstić information content (AvgIpc) is 3.34. The Morgan fingerprint density at radius 2 is 0.541 bits per heavy atom. The lowest BCUT2D eigenvalue weighted by Crippen LogP contribution is -2.00. The van der Waals surface area contributed by atoms with E-state index >= 15 is 0 Å². The Balaban J connectivity index is 1.11. The molecule has 288 valence electrons. The van der Waals surface area contributed by atoms with Gasteiger partial charge in [0.15, 0.2) is 34.9 Å². The molecule has 0 radical (unpaired) electrons. The summed E-state index contributed by atoms with van der Waals surface area (Å²) in [7, 11) is 0. The molecule has 0 N–H and O–H groups in total. The molecule has 7 heteroatoms. The highest BCUT2D eigenvalue weighted by Crippen LogP contribution is 2.41. The van der Waals surface area contributed by atoms with E-state index in [1.54, 1.807) is 0 Å². The van der Waals surface area contributed by atoms with Crippen LogP contribution in [0.25, 0.3) is 102 Å². The first-order valence-electron chi connectivity index (χ1n) is 20.2. The molecule has 61 heavy (non-hydrogen) atoms. The lowest BCUT2D eigenvalue weighted by Gasteiger charge is -2.17. The Bertz CT molecular complexity index is 2830. The third-order valence-electron chi connectivity index (χ3n) is 10.5. The van der Waals surface area contributed by atoms with Crippen LogP contribution in [0.2, 0.25) is 0 Å². The van der Waals surface area contributed by atoms with E-state index in [-0.39, 0.29) is 0 Å². The largest absolute Gasteiger partial charge is 0.253 e. The first kappa shape index (κ1) is 37.0. The van der Waals surface area contributed by atoms with Gasteiger partial charge >= 0.3 is 0 Å². The fraction of sp³-hybridized carbons (Fsp3) is 0.0185. The van der Waals surface area contributed by atoms with Gasteiger partial charge in [0.2, 0.25) is 0 Å². The van der Waals surface area contributed by atoms with Crippen LogP contribution in [0.5, 0.6) is 0 Å². The number of aryl methyl sites for hydroxylation is 1. The van der Waals surface area contributed by atoms with Crippen LogP contribution < -0.4 is 0 Å². The van der Waals surface area contributed by atoms with Crippen molar-refractivity contribution in [3.63, 3.8) is 0 Å². The summed E-state index contributed by atoms with van der Waals surface area (Å²) in [6.07, 6.45) is 0. The normalized spacial score (nSPS) is 11.0. The molecule has 7 nitrogen and oxygen atoms in total. The number of hydrogen-bond donors (Lipinski definition) is 0. The van der Waals surface area contributed by atoms with Gasteiger partial charge in [0.05, 0.1) is 5.69 Å². The van der Waals surface area contributed by atoms with E-state index in [1.165, 1.54) is 0 Å². The first-order chi connectivity index (χ1) is 30.1. The minimum Gasteiger partial charge on any atom is -0.253 e. The molecule has 0 saturated heterocycles. The molecule has 0 saturated carbocycles. The van der Waals surface area contributed by atoms with Crippen LogP contribution in [-0.2, 0) is 0 Å². The fourth-order valence-electron chi connectivity index (χ4n) is 7.52. The SMILES string of the molecule is Cc1cccc(-c2c(-c3cccc(-c4nc(-c5ccccc5)nc(-c5ccccc5)n4)c3)cccc2-c2cccc(-c3nc(-c4ccccc4)nc(-c4ccccc4)n3)c2)n1. The lowest BCUT2D eigenvalue weighted by atomic mass is 9.88. The summed E-state index contributed by atoms with van der Waals surface area (Å²) in [6, 6.07) is 69.6. The van der Waals surface area contributed by atoms with Gasteiger partial charge in [-0.15, -0.1) is 0 Å². The smallest absolute Gasteiger partial charge is 0.164 e. The third kappa shape index (κ3) is 7.83. The number of hydrogen-bond acceptors (Lipinski definition) is 7. The number of nitrogens with zero attached hydrogens (tertiary/aromatic N) is 7. The summed E-state index contributed by atoms with van der Waals surface area (Å²) in [5, 5.41) is 0. The quantitative estimate of drug-likeness (QED) is 0.144. The Kier molecular flexibility index (Phi) is 10.0. The molecule has 0 unspecified atom stereocenters. The summed E-state index contributed by atoms with van der Waals surface area (Å²) in [6.45, 7) is 2.03. The van der Waals surface area contributed by atoms with Gasteiger partial charge < -0.3 is 0 Å². The standard InChI is InChI=1S/C54H37N7/c1-36-18-14-33-47(55-36)48-45(41-27-15-29-43(34-41)53-58-49(37-19-6-2-7-20-37)56-50(59-53)38-21-8-3-9-22-38)31-17-32-46(48)42-28-16-30-44(35-42)54-60-51(39-23-10-4-11-24-39)57-52(61-54)40-25-12-5-13-26-40/h2-35H,1H3. The number of rotatable bonds is 9. The molecule has 3 aromatic heterocycles. The molecule has 10 aromatic rings. The monoisotopic (exact) mass is 783 g/mol. The van der Waals surface area contributed by atoms with Crippen molar-refractivity contribution in [3.05, 3.63) is 212 Å². The van der Waals surface area contributed by atoms with Gasteiger partial charge in [-0.3, -0.25) is 4.98 Å². The summed E-state index contributed by atoms with van der Waals surface area (Å²) in [5.74, 6) is 3.65. The molecule has 0 fully saturated rings. The van der Waals surface area contributed by atoms with Crippen molar-refractivity contribution >= 4 is 0 Å². The molecule has 0 atom stereocenters. The van der Waals surface area contributed by atoms with E-state index in [0.29, 0.717) is 34.9 Å². The van der Waals surface area contributed by atoms with Crippen molar-refractivity contribution in [1.29, 1.82) is 0 Å². The molecule has 0 aliphatic rings. The second kappa shape index (κ2) is 16.5. The molecule has 7 aromatic carbocycles. The van der Waals surface area contributed by atoms with Crippen molar-refractivity contribution in [2.75, 3.05) is 0 Å². The van der Waals surface area contributed by atoms with Gasteiger partial charge in [-0.1, -0.05) is 182 Å². The molecule has 0 bridgehead atoms. The maximum atomic E-state index is 5.09. The topological polar surface area (TPSA) is 90.2 Å². The van der Waals surface area contributed by atoms with Crippen LogP contribution in [0, 0.1) is 6.92 Å². The van der Waals surface area contributed by atoms with E-state index in [4.69, 9.17) is 34.9 Å². The molecule has 0 aliphatic carbocycles. The van der Waals surface area contributed by atoms with Crippen LogP contribution >= 0.6 is 0 Å². The second-order valence-electron chi connectivity index (χ2n) is 14.6. The minimum atomic E-state index is 0.593. The predicted molar refractivity (Wildman–Crippen MR) is 245 cm³/mol. The third-order valence-corrected chi connectivity index (χ3v) is 10.5. The van der Waals surface area contributed by atoms with Gasteiger partial charge in [0.25, 0.3) is 0 Å². The van der Waals surface area contributed by atoms with Crippen LogP contribution in [-0.4, -0.2) is 34.9 Å². The van der Waals surface area contributed by atoms with Gasteiger partial charge in [0, 0.05) is 44.6 Å². The number of pyridine rings is 1. The van der Waals surface area contributed by atoms with E-state index in [9.17, 15) is 0 Å². The van der Waals surface area contributed by atoms with Crippen LogP contribution in [0.15, 0.2) is 206 Å². The molecule has 10 rings (SSSR count). The van der Waals surface area contributed by atoms with Gasteiger partial charge in [-0.25, -0.2) is 29.9 Å². The van der Waals surface area contributed by atoms with Crippen LogP contribution in [0.1, 0.15) is 5.69 Å². The predicted octanol–water partition coefficient (Wildman–Crippen LogP) is 12.8. The Morgan fingerprint density at radius 1 is 0.246 bits per heavy atom. The van der Waals surface area contributed by atoms with Gasteiger partial charge in [-0.05, 0) is 53.4 Å². The Morgan fingerprint density at radius 3 is 0.902 bits per heavy atom. The molecule has 0 aliphatic heterocycles. The molecule has 0 spiro atoms. The number of benzene rings is 7. The summed E-state index contributed by atoms with van der Waals surface area (Å²) >= 11 is 0. The maximum absolute atomic E-state index is 5.09. The number of aromatic nitrogens is 7. The van der Waals surface area contributed by atoms with Gasteiger partial charge in [-0.2, -0.15) is 0 Å². The van der Waals surface area contributed by atoms with Crippen molar-refractivity contribution in [1.82, 2.24) is 34.9 Å². The van der Waals surface area contributed by atoms with Crippen molar-refractivity contribution < 1.29 is 0 Å². The van der Waals surface area contributed by atoms with Crippen molar-refractivity contribution in [3.8, 4) is 102 Å². The second-order valence-corrected chi connectivity index (χ2v) is 14.6. The minimum absolute atomic E-state index is 0.593. The summed E-state index contributed by atoms with van der Waals surface area (Å²) in [4.78, 5) is 35.0. The van der Waals surface area contributed by atoms with Crippen molar-refractivity contribution in [2.45, 2.75) is 6.92 Å². The zero-order chi connectivity index (χ0) is 41.0. The lowest BCUT2D eigenvalue weighted by molar-refractivity contribution is 1.07. The highest BCUT2D eigenvalue weighted by atomic mass is 15.0. The van der Waals surface area contributed by atoms with Crippen molar-refractivity contribution in [2.24, 2.45) is 0 Å². The van der Waals surface area contributed by atoms with Gasteiger partial charge in [0.1, 0.15) is 0 Å². The molecular weight excluding hydrogens is 747 g/mol. The van der Waals surface area contributed by atoms with Crippen LogP contribution in [0.3, 0.4) is 0 Å². The van der Waals surface area contributed by atoms with E-state index in [2.05, 4.69) is 78.9 Å². The Hall–Kier alpha value is -8.29. The molecule has 3 heterocycles. The summed E-state index contributed by atoms with van der Waals surface area (Å²) < 4.78 is 0. The zero-order valence-corrected chi connectivity index (χ0v) is 33.3. The van der Waals surface area contributed by atoms with E-state index in [0.717, 1.165) is 72.6 Å². The van der Waals surface area contributed by atoms with Crippen LogP contribution in [0.4, 0.5) is 0 Å². The first-order valence-corrected chi connectivity index (χ1v) is 20.2. The fourth-order valence-corrected chi connectivity index (χ4v) is 7.52.